The highest BCUT2D eigenvalue weighted by Gasteiger charge is 2.49. The molecule has 3 rings (SSSR count). The van der Waals surface area contributed by atoms with E-state index in [9.17, 15) is 9.59 Å². The zero-order valence-corrected chi connectivity index (χ0v) is 10.6. The van der Waals surface area contributed by atoms with Crippen molar-refractivity contribution in [3.05, 3.63) is 15.5 Å². The quantitative estimate of drug-likeness (QED) is 0.773. The third-order valence-corrected chi connectivity index (χ3v) is 4.62. The molecule has 0 spiro atoms. The summed E-state index contributed by atoms with van der Waals surface area (Å²) in [6.45, 7) is 0.328. The minimum absolute atomic E-state index is 0.0120. The van der Waals surface area contributed by atoms with Crippen molar-refractivity contribution in [1.29, 1.82) is 0 Å². The molecule has 1 saturated heterocycles. The summed E-state index contributed by atoms with van der Waals surface area (Å²) >= 11 is 7.05. The SMILES string of the molecule is O=C1C2CCCC2C(=O)N1Cc1cnc(Cl)s1. The molecule has 0 N–H and O–H groups in total. The molecule has 2 amide bonds. The van der Waals surface area contributed by atoms with Crippen molar-refractivity contribution in [2.75, 3.05) is 0 Å². The van der Waals surface area contributed by atoms with Crippen LogP contribution < -0.4 is 0 Å². The van der Waals surface area contributed by atoms with Crippen LogP contribution in [0.5, 0.6) is 0 Å². The van der Waals surface area contributed by atoms with Crippen LogP contribution in [0.4, 0.5) is 0 Å². The summed E-state index contributed by atoms with van der Waals surface area (Å²) < 4.78 is 0.444. The number of thiazole rings is 1. The lowest BCUT2D eigenvalue weighted by Crippen LogP contribution is -2.30. The zero-order chi connectivity index (χ0) is 12.0. The average molecular weight is 271 g/mol. The van der Waals surface area contributed by atoms with Crippen molar-refractivity contribution in [2.24, 2.45) is 11.8 Å². The van der Waals surface area contributed by atoms with E-state index in [1.807, 2.05) is 0 Å². The third kappa shape index (κ3) is 1.77. The van der Waals surface area contributed by atoms with Crippen LogP contribution in [-0.2, 0) is 16.1 Å². The fourth-order valence-corrected chi connectivity index (χ4v) is 3.70. The minimum Gasteiger partial charge on any atom is -0.277 e. The number of nitrogens with zero attached hydrogens (tertiary/aromatic N) is 2. The Kier molecular flexibility index (Phi) is 2.67. The van der Waals surface area contributed by atoms with Crippen LogP contribution in [0.15, 0.2) is 6.20 Å². The molecule has 0 radical (unpaired) electrons. The molecule has 0 bridgehead atoms. The standard InChI is InChI=1S/C11H11ClN2O2S/c12-11-13-4-6(17-11)5-14-9(15)7-2-1-3-8(7)10(14)16/h4,7-8H,1-3,5H2. The van der Waals surface area contributed by atoms with E-state index in [-0.39, 0.29) is 23.7 Å². The zero-order valence-electron chi connectivity index (χ0n) is 9.06. The summed E-state index contributed by atoms with van der Waals surface area (Å²) in [5.41, 5.74) is 0. The fourth-order valence-electron chi connectivity index (χ4n) is 2.73. The van der Waals surface area contributed by atoms with Crippen molar-refractivity contribution in [3.8, 4) is 0 Å². The van der Waals surface area contributed by atoms with Gasteiger partial charge in [-0.1, -0.05) is 18.0 Å². The molecule has 0 aromatic carbocycles. The van der Waals surface area contributed by atoms with Gasteiger partial charge in [0.1, 0.15) is 0 Å². The first-order valence-electron chi connectivity index (χ1n) is 5.62. The fraction of sp³-hybridized carbons (Fsp3) is 0.545. The van der Waals surface area contributed by atoms with Crippen molar-refractivity contribution in [2.45, 2.75) is 25.8 Å². The normalized spacial score (nSPS) is 27.9. The second-order valence-corrected chi connectivity index (χ2v) is 6.18. The predicted octanol–water partition coefficient (Wildman–Crippen LogP) is 2.08. The number of imide groups is 1. The molecule has 2 unspecified atom stereocenters. The number of carbonyl (C=O) groups excluding carboxylic acids is 2. The second-order valence-electron chi connectivity index (χ2n) is 4.49. The number of hydrogen-bond acceptors (Lipinski definition) is 4. The molecule has 2 aliphatic rings. The Morgan fingerprint density at radius 2 is 2.00 bits per heavy atom. The molecule has 90 valence electrons. The van der Waals surface area contributed by atoms with Crippen LogP contribution in [0, 0.1) is 11.8 Å². The van der Waals surface area contributed by atoms with Gasteiger partial charge < -0.3 is 0 Å². The highest BCUT2D eigenvalue weighted by Crippen LogP contribution is 2.40. The van der Waals surface area contributed by atoms with E-state index in [2.05, 4.69) is 4.98 Å². The van der Waals surface area contributed by atoms with E-state index in [1.165, 1.54) is 16.2 Å². The topological polar surface area (TPSA) is 50.3 Å². The predicted molar refractivity (Wildman–Crippen MR) is 63.5 cm³/mol. The van der Waals surface area contributed by atoms with Gasteiger partial charge in [0, 0.05) is 11.1 Å². The van der Waals surface area contributed by atoms with Gasteiger partial charge in [-0.15, -0.1) is 11.3 Å². The number of halogens is 1. The number of likely N-dealkylation sites (tertiary alicyclic amines) is 1. The Morgan fingerprint density at radius 1 is 1.35 bits per heavy atom. The Hall–Kier alpha value is -0.940. The molecule has 6 heteroatoms. The van der Waals surface area contributed by atoms with Gasteiger partial charge in [-0.2, -0.15) is 0 Å². The van der Waals surface area contributed by atoms with Crippen LogP contribution in [0.25, 0.3) is 0 Å². The number of rotatable bonds is 2. The van der Waals surface area contributed by atoms with Gasteiger partial charge in [-0.3, -0.25) is 14.5 Å². The Balaban J connectivity index is 1.80. The van der Waals surface area contributed by atoms with Crippen LogP contribution in [0.3, 0.4) is 0 Å². The lowest BCUT2D eigenvalue weighted by atomic mass is 10.00. The van der Waals surface area contributed by atoms with Crippen LogP contribution in [0.1, 0.15) is 24.1 Å². The lowest BCUT2D eigenvalue weighted by molar-refractivity contribution is -0.140. The first kappa shape index (κ1) is 11.2. The summed E-state index contributed by atoms with van der Waals surface area (Å²) in [5, 5.41) is 0. The van der Waals surface area contributed by atoms with E-state index < -0.39 is 0 Å². The average Bonchev–Trinajstić information content (AvgIpc) is 2.96. The summed E-state index contributed by atoms with van der Waals surface area (Å²) in [5.74, 6) is -0.152. The molecule has 1 aromatic heterocycles. The molecule has 2 heterocycles. The van der Waals surface area contributed by atoms with Gasteiger partial charge in [0.15, 0.2) is 4.47 Å². The molecule has 1 aromatic rings. The lowest BCUT2D eigenvalue weighted by Gasteiger charge is -2.13. The van der Waals surface area contributed by atoms with Crippen molar-refractivity contribution in [3.63, 3.8) is 0 Å². The van der Waals surface area contributed by atoms with E-state index in [1.54, 1.807) is 6.20 Å². The molecule has 1 saturated carbocycles. The maximum Gasteiger partial charge on any atom is 0.233 e. The van der Waals surface area contributed by atoms with Gasteiger partial charge in [0.05, 0.1) is 18.4 Å². The van der Waals surface area contributed by atoms with Gasteiger partial charge in [0.25, 0.3) is 0 Å². The van der Waals surface area contributed by atoms with Gasteiger partial charge in [-0.05, 0) is 12.8 Å². The smallest absolute Gasteiger partial charge is 0.233 e. The van der Waals surface area contributed by atoms with Crippen molar-refractivity contribution >= 4 is 34.8 Å². The van der Waals surface area contributed by atoms with Crippen LogP contribution in [0.2, 0.25) is 4.47 Å². The molecule has 17 heavy (non-hydrogen) atoms. The monoisotopic (exact) mass is 270 g/mol. The van der Waals surface area contributed by atoms with Gasteiger partial charge in [0.2, 0.25) is 11.8 Å². The van der Waals surface area contributed by atoms with Crippen molar-refractivity contribution < 1.29 is 9.59 Å². The van der Waals surface area contributed by atoms with E-state index in [4.69, 9.17) is 11.6 Å². The van der Waals surface area contributed by atoms with Crippen LogP contribution >= 0.6 is 22.9 Å². The Morgan fingerprint density at radius 3 is 2.53 bits per heavy atom. The molecule has 4 nitrogen and oxygen atoms in total. The van der Waals surface area contributed by atoms with E-state index in [0.717, 1.165) is 24.1 Å². The Bertz CT molecular complexity index is 466. The number of aromatic nitrogens is 1. The molecule has 1 aliphatic heterocycles. The number of carbonyl (C=O) groups is 2. The minimum atomic E-state index is -0.0640. The molecular weight excluding hydrogens is 260 g/mol. The van der Waals surface area contributed by atoms with Gasteiger partial charge >= 0.3 is 0 Å². The third-order valence-electron chi connectivity index (χ3n) is 3.52. The molecule has 2 fully saturated rings. The first-order chi connectivity index (χ1) is 8.16. The maximum atomic E-state index is 12.1. The number of amides is 2. The molecule has 1 aliphatic carbocycles. The number of hydrogen-bond donors (Lipinski definition) is 0. The van der Waals surface area contributed by atoms with Crippen LogP contribution in [-0.4, -0.2) is 21.7 Å². The van der Waals surface area contributed by atoms with E-state index >= 15 is 0 Å². The second kappa shape index (κ2) is 4.07. The molecule has 2 atom stereocenters. The number of fused-ring (bicyclic) bond motifs is 1. The largest absolute Gasteiger partial charge is 0.277 e. The first-order valence-corrected chi connectivity index (χ1v) is 6.81. The summed E-state index contributed by atoms with van der Waals surface area (Å²) in [4.78, 5) is 30.3. The summed E-state index contributed by atoms with van der Waals surface area (Å²) in [6, 6.07) is 0. The summed E-state index contributed by atoms with van der Waals surface area (Å²) in [7, 11) is 0. The summed E-state index contributed by atoms with van der Waals surface area (Å²) in [6.07, 6.45) is 4.33. The maximum absolute atomic E-state index is 12.1. The Labute approximate surface area is 108 Å². The van der Waals surface area contributed by atoms with E-state index in [0.29, 0.717) is 11.0 Å². The highest BCUT2D eigenvalue weighted by atomic mass is 35.5. The van der Waals surface area contributed by atoms with Crippen molar-refractivity contribution in [1.82, 2.24) is 9.88 Å². The molecular formula is C11H11ClN2O2S. The van der Waals surface area contributed by atoms with Gasteiger partial charge in [-0.25, -0.2) is 4.98 Å². The highest BCUT2D eigenvalue weighted by molar-refractivity contribution is 7.15.